The molecule has 144 valence electrons. The third-order valence-electron chi connectivity index (χ3n) is 7.47. The fourth-order valence-electron chi connectivity index (χ4n) is 6.75. The third-order valence-corrected chi connectivity index (χ3v) is 8.31. The third kappa shape index (κ3) is 2.31. The number of fused-ring (bicyclic) bond motifs is 2. The van der Waals surface area contributed by atoms with E-state index in [0.717, 1.165) is 45.1 Å². The van der Waals surface area contributed by atoms with Gasteiger partial charge in [-0.15, -0.1) is 23.7 Å². The Morgan fingerprint density at radius 2 is 1.75 bits per heavy atom. The Morgan fingerprint density at radius 1 is 1.04 bits per heavy atom. The van der Waals surface area contributed by atoms with E-state index in [1.807, 2.05) is 12.1 Å². The van der Waals surface area contributed by atoms with Crippen molar-refractivity contribution in [3.8, 4) is 11.5 Å². The summed E-state index contributed by atoms with van der Waals surface area (Å²) < 4.78 is 8.41. The average Bonchev–Trinajstić information content (AvgIpc) is 3.34. The summed E-state index contributed by atoms with van der Waals surface area (Å²) in [5.74, 6) is 3.79. The maximum absolute atomic E-state index is 6.14. The van der Waals surface area contributed by atoms with Crippen LogP contribution >= 0.6 is 23.7 Å². The molecule has 4 fully saturated rings. The second-order valence-corrected chi connectivity index (χ2v) is 10.1. The molecule has 0 spiro atoms. The van der Waals surface area contributed by atoms with E-state index < -0.39 is 0 Å². The lowest BCUT2D eigenvalue weighted by molar-refractivity contribution is -0.00696. The highest BCUT2D eigenvalue weighted by Crippen LogP contribution is 2.60. The molecule has 4 saturated carbocycles. The molecule has 3 nitrogen and oxygen atoms in total. The van der Waals surface area contributed by atoms with Crippen LogP contribution in [-0.4, -0.2) is 9.38 Å². The van der Waals surface area contributed by atoms with Crippen LogP contribution < -0.4 is 0 Å². The predicted octanol–water partition coefficient (Wildman–Crippen LogP) is 6.70. The van der Waals surface area contributed by atoms with E-state index in [1.165, 1.54) is 44.2 Å². The molecular formula is C23H23ClN2OS. The van der Waals surface area contributed by atoms with Crippen molar-refractivity contribution in [3.63, 3.8) is 0 Å². The van der Waals surface area contributed by atoms with Gasteiger partial charge in [0.25, 0.3) is 0 Å². The lowest BCUT2D eigenvalue weighted by Crippen LogP contribution is -2.48. The first-order chi connectivity index (χ1) is 13.3. The molecule has 3 heterocycles. The Labute approximate surface area is 174 Å². The number of benzene rings is 1. The van der Waals surface area contributed by atoms with E-state index in [2.05, 4.69) is 34.2 Å². The molecule has 4 aliphatic carbocycles. The second-order valence-electron chi connectivity index (χ2n) is 9.25. The monoisotopic (exact) mass is 410 g/mol. The molecule has 0 amide bonds. The molecule has 8 rings (SSSR count). The van der Waals surface area contributed by atoms with Crippen molar-refractivity contribution in [1.29, 1.82) is 0 Å². The van der Waals surface area contributed by atoms with Gasteiger partial charge in [-0.25, -0.2) is 4.98 Å². The first-order valence-electron chi connectivity index (χ1n) is 10.2. The topological polar surface area (TPSA) is 30.4 Å². The number of hydrogen-bond donors (Lipinski definition) is 0. The lowest BCUT2D eigenvalue weighted by Gasteiger charge is -2.56. The van der Waals surface area contributed by atoms with Crippen LogP contribution in [0.4, 0.5) is 0 Å². The molecule has 0 N–H and O–H groups in total. The Bertz CT molecular complexity index is 1120. The second kappa shape index (κ2) is 5.87. The van der Waals surface area contributed by atoms with Crippen LogP contribution in [0, 0.1) is 17.8 Å². The van der Waals surface area contributed by atoms with Crippen molar-refractivity contribution < 1.29 is 4.42 Å². The van der Waals surface area contributed by atoms with Gasteiger partial charge in [-0.1, -0.05) is 18.2 Å². The fraction of sp³-hybridized carbons (Fsp3) is 0.435. The zero-order valence-corrected chi connectivity index (χ0v) is 17.3. The zero-order chi connectivity index (χ0) is 17.6. The number of halogens is 1. The Kier molecular flexibility index (Phi) is 3.58. The number of aromatic nitrogens is 2. The van der Waals surface area contributed by atoms with E-state index in [9.17, 15) is 0 Å². The maximum Gasteiger partial charge on any atom is 0.194 e. The van der Waals surface area contributed by atoms with Crippen LogP contribution in [0.25, 0.3) is 27.4 Å². The van der Waals surface area contributed by atoms with Crippen LogP contribution in [0.1, 0.15) is 44.2 Å². The van der Waals surface area contributed by atoms with E-state index in [-0.39, 0.29) is 12.4 Å². The Hall–Kier alpha value is -1.78. The minimum Gasteiger partial charge on any atom is -0.454 e. The maximum atomic E-state index is 6.14. The number of rotatable bonds is 2. The van der Waals surface area contributed by atoms with Crippen LogP contribution in [-0.2, 0) is 5.41 Å². The van der Waals surface area contributed by atoms with Gasteiger partial charge in [0.1, 0.15) is 11.3 Å². The van der Waals surface area contributed by atoms with E-state index in [1.54, 1.807) is 11.3 Å². The summed E-state index contributed by atoms with van der Waals surface area (Å²) in [7, 11) is 0. The van der Waals surface area contributed by atoms with Gasteiger partial charge in [-0.2, -0.15) is 0 Å². The highest BCUT2D eigenvalue weighted by molar-refractivity contribution is 7.15. The molecule has 3 aromatic heterocycles. The molecule has 1 aromatic carbocycles. The molecule has 0 atom stereocenters. The summed E-state index contributed by atoms with van der Waals surface area (Å²) in [4.78, 5) is 6.25. The number of nitrogens with zero attached hydrogens (tertiary/aromatic N) is 2. The first kappa shape index (κ1) is 17.1. The summed E-state index contributed by atoms with van der Waals surface area (Å²) in [5, 5.41) is 3.34. The van der Waals surface area contributed by atoms with Gasteiger partial charge in [0.05, 0.1) is 5.69 Å². The van der Waals surface area contributed by atoms with Crippen molar-refractivity contribution in [1.82, 2.24) is 9.38 Å². The van der Waals surface area contributed by atoms with Gasteiger partial charge in [-0.3, -0.25) is 4.40 Å². The smallest absolute Gasteiger partial charge is 0.194 e. The minimum absolute atomic E-state index is 0. The quantitative estimate of drug-likeness (QED) is 0.368. The highest BCUT2D eigenvalue weighted by atomic mass is 35.5. The average molecular weight is 411 g/mol. The van der Waals surface area contributed by atoms with E-state index in [4.69, 9.17) is 9.40 Å². The van der Waals surface area contributed by atoms with Gasteiger partial charge in [0, 0.05) is 22.4 Å². The number of furan rings is 1. The summed E-state index contributed by atoms with van der Waals surface area (Å²) in [5.41, 5.74) is 3.79. The highest BCUT2D eigenvalue weighted by Gasteiger charge is 2.52. The number of thiazole rings is 1. The molecule has 0 saturated heterocycles. The fourth-order valence-corrected chi connectivity index (χ4v) is 7.61. The standard InChI is InChI=1S/C23H22N2OS.ClH/c1-2-4-19-17(3-1)8-20(26-19)18-13-27-22-24-21(12-25(18)22)23-9-14-5-15(10-23)7-16(6-14)11-23;/h1-4,8,12-16H,5-7,9-11H2;1H. The number of imidazole rings is 1. The van der Waals surface area contributed by atoms with Crippen molar-refractivity contribution in [2.24, 2.45) is 17.8 Å². The summed E-state index contributed by atoms with van der Waals surface area (Å²) in [6, 6.07) is 10.4. The minimum atomic E-state index is 0. The van der Waals surface area contributed by atoms with Gasteiger partial charge in [0.15, 0.2) is 10.7 Å². The van der Waals surface area contributed by atoms with Crippen LogP contribution in [0.2, 0.25) is 0 Å². The molecule has 0 aliphatic heterocycles. The lowest BCUT2D eigenvalue weighted by atomic mass is 9.49. The SMILES string of the molecule is Cl.c1ccc2oc(-c3csc4nc(C56CC7CC(CC(C7)C5)C6)cn34)cc2c1. The van der Waals surface area contributed by atoms with Crippen molar-refractivity contribution in [2.45, 2.75) is 43.9 Å². The molecule has 4 aliphatic rings. The summed E-state index contributed by atoms with van der Waals surface area (Å²) >= 11 is 1.74. The van der Waals surface area contributed by atoms with Crippen molar-refractivity contribution in [2.75, 3.05) is 0 Å². The van der Waals surface area contributed by atoms with Gasteiger partial charge < -0.3 is 4.42 Å². The normalized spacial score (nSPS) is 30.9. The summed E-state index contributed by atoms with van der Waals surface area (Å²) in [6.45, 7) is 0. The molecule has 28 heavy (non-hydrogen) atoms. The molecule has 0 radical (unpaired) electrons. The molecule has 5 heteroatoms. The number of hydrogen-bond acceptors (Lipinski definition) is 3. The molecular weight excluding hydrogens is 388 g/mol. The van der Waals surface area contributed by atoms with Gasteiger partial charge >= 0.3 is 0 Å². The van der Waals surface area contributed by atoms with E-state index >= 15 is 0 Å². The molecule has 4 bridgehead atoms. The van der Waals surface area contributed by atoms with Crippen LogP contribution in [0.15, 0.2) is 46.3 Å². The first-order valence-corrected chi connectivity index (χ1v) is 11.1. The van der Waals surface area contributed by atoms with E-state index in [0.29, 0.717) is 5.41 Å². The van der Waals surface area contributed by atoms with Gasteiger partial charge in [-0.05, 0) is 68.4 Å². The summed E-state index contributed by atoms with van der Waals surface area (Å²) in [6.07, 6.45) is 10.9. The van der Waals surface area contributed by atoms with Crippen molar-refractivity contribution >= 4 is 39.7 Å². The molecule has 4 aromatic rings. The van der Waals surface area contributed by atoms with Crippen molar-refractivity contribution in [3.05, 3.63) is 47.6 Å². The largest absolute Gasteiger partial charge is 0.454 e. The number of para-hydroxylation sites is 1. The molecule has 0 unspecified atom stereocenters. The Balaban J connectivity index is 0.00000156. The Morgan fingerprint density at radius 3 is 2.46 bits per heavy atom. The zero-order valence-electron chi connectivity index (χ0n) is 15.6. The van der Waals surface area contributed by atoms with Crippen LogP contribution in [0.5, 0.6) is 0 Å². The van der Waals surface area contributed by atoms with Gasteiger partial charge in [0.2, 0.25) is 0 Å². The predicted molar refractivity (Wildman–Crippen MR) is 115 cm³/mol. The van der Waals surface area contributed by atoms with Crippen LogP contribution in [0.3, 0.4) is 0 Å².